The Kier molecular flexibility index (Phi) is 6.37. The van der Waals surface area contributed by atoms with Crippen molar-refractivity contribution < 1.29 is 19.1 Å². The average Bonchev–Trinajstić information content (AvgIpc) is 3.28. The van der Waals surface area contributed by atoms with Gasteiger partial charge in [-0.1, -0.05) is 36.5 Å². The molecule has 1 aromatic rings. The Hall–Kier alpha value is -2.10. The Balaban J connectivity index is 1.29. The molecule has 2 fully saturated rings. The molecule has 0 aromatic heterocycles. The molecule has 9 heteroatoms. The number of thiocarbonyl (C=S) groups is 1. The van der Waals surface area contributed by atoms with Crippen molar-refractivity contribution in [3.8, 4) is 11.5 Å². The van der Waals surface area contributed by atoms with Gasteiger partial charge in [-0.2, -0.15) is 0 Å². The lowest BCUT2D eigenvalue weighted by Crippen LogP contribution is -2.42. The lowest BCUT2D eigenvalue weighted by molar-refractivity contribution is -0.124. The van der Waals surface area contributed by atoms with Gasteiger partial charge in [-0.3, -0.25) is 19.4 Å². The standard InChI is InChI=1S/C20H23N3O4S2/c24-18(12-22-7-2-1-3-8-22)21-6-9-23-19(25)17(29-20(23)28)11-14-4-5-15-16(10-14)27-13-26-15/h4-5,10-11H,1-3,6-9,12-13H2,(H,21,24)/b17-11-. The maximum Gasteiger partial charge on any atom is 0.266 e. The van der Waals surface area contributed by atoms with Crippen LogP contribution in [0.1, 0.15) is 24.8 Å². The van der Waals surface area contributed by atoms with Crippen LogP contribution in [0.25, 0.3) is 6.08 Å². The first-order valence-corrected chi connectivity index (χ1v) is 11.0. The van der Waals surface area contributed by atoms with Crippen LogP contribution >= 0.6 is 24.0 Å². The molecule has 0 aliphatic carbocycles. The minimum atomic E-state index is -0.136. The topological polar surface area (TPSA) is 71.1 Å². The number of fused-ring (bicyclic) bond motifs is 1. The maximum absolute atomic E-state index is 12.7. The number of rotatable bonds is 6. The van der Waals surface area contributed by atoms with Gasteiger partial charge in [0.15, 0.2) is 11.5 Å². The van der Waals surface area contributed by atoms with Crippen LogP contribution < -0.4 is 14.8 Å². The van der Waals surface area contributed by atoms with Gasteiger partial charge >= 0.3 is 0 Å². The normalized spacial score (nSPS) is 20.6. The summed E-state index contributed by atoms with van der Waals surface area (Å²) in [6.45, 7) is 3.34. The molecule has 2 saturated heterocycles. The van der Waals surface area contributed by atoms with E-state index in [1.165, 1.54) is 18.2 Å². The second-order valence-corrected chi connectivity index (χ2v) is 8.81. The van der Waals surface area contributed by atoms with Crippen molar-refractivity contribution in [2.24, 2.45) is 0 Å². The Bertz CT molecular complexity index is 852. The fraction of sp³-hybridized carbons (Fsp3) is 0.450. The van der Waals surface area contributed by atoms with Crippen LogP contribution in [0.15, 0.2) is 23.1 Å². The smallest absolute Gasteiger partial charge is 0.266 e. The van der Waals surface area contributed by atoms with Crippen molar-refractivity contribution in [3.05, 3.63) is 28.7 Å². The molecule has 3 aliphatic rings. The zero-order valence-corrected chi connectivity index (χ0v) is 17.7. The third-order valence-electron chi connectivity index (χ3n) is 5.04. The summed E-state index contributed by atoms with van der Waals surface area (Å²) < 4.78 is 11.2. The molecule has 29 heavy (non-hydrogen) atoms. The van der Waals surface area contributed by atoms with Crippen LogP contribution in [0, 0.1) is 0 Å². The molecule has 0 radical (unpaired) electrons. The van der Waals surface area contributed by atoms with Crippen LogP contribution in [0.5, 0.6) is 11.5 Å². The Morgan fingerprint density at radius 3 is 2.83 bits per heavy atom. The number of ether oxygens (including phenoxy) is 2. The molecule has 7 nitrogen and oxygen atoms in total. The number of carbonyl (C=O) groups is 2. The number of piperidine rings is 1. The predicted octanol–water partition coefficient (Wildman–Crippen LogP) is 2.22. The van der Waals surface area contributed by atoms with Crippen molar-refractivity contribution in [3.63, 3.8) is 0 Å². The summed E-state index contributed by atoms with van der Waals surface area (Å²) in [4.78, 5) is 29.1. The molecule has 3 heterocycles. The molecule has 4 rings (SSSR count). The molecular weight excluding hydrogens is 410 g/mol. The van der Waals surface area contributed by atoms with Crippen molar-refractivity contribution >= 4 is 46.2 Å². The fourth-order valence-electron chi connectivity index (χ4n) is 3.53. The first-order valence-electron chi connectivity index (χ1n) is 9.74. The third kappa shape index (κ3) is 4.91. The van der Waals surface area contributed by atoms with Gasteiger partial charge in [0, 0.05) is 13.1 Å². The van der Waals surface area contributed by atoms with Crippen molar-refractivity contribution in [1.29, 1.82) is 0 Å². The van der Waals surface area contributed by atoms with Gasteiger partial charge in [-0.15, -0.1) is 0 Å². The quantitative estimate of drug-likeness (QED) is 0.545. The summed E-state index contributed by atoms with van der Waals surface area (Å²) in [5.74, 6) is 1.23. The van der Waals surface area contributed by atoms with Crippen LogP contribution in [0.3, 0.4) is 0 Å². The summed E-state index contributed by atoms with van der Waals surface area (Å²) in [6, 6.07) is 5.55. The number of nitrogens with one attached hydrogen (secondary N) is 1. The van der Waals surface area contributed by atoms with Gasteiger partial charge in [0.05, 0.1) is 11.4 Å². The first-order chi connectivity index (χ1) is 14.1. The average molecular weight is 434 g/mol. The minimum Gasteiger partial charge on any atom is -0.454 e. The molecule has 0 atom stereocenters. The van der Waals surface area contributed by atoms with E-state index in [9.17, 15) is 9.59 Å². The van der Waals surface area contributed by atoms with Crippen LogP contribution in [-0.4, -0.2) is 65.5 Å². The third-order valence-corrected chi connectivity index (χ3v) is 6.42. The minimum absolute atomic E-state index is 0.00626. The number of hydrogen-bond acceptors (Lipinski definition) is 7. The number of amides is 2. The van der Waals surface area contributed by atoms with E-state index in [4.69, 9.17) is 21.7 Å². The molecule has 0 spiro atoms. The molecule has 0 bridgehead atoms. The second kappa shape index (κ2) is 9.15. The monoisotopic (exact) mass is 433 g/mol. The van der Waals surface area contributed by atoms with E-state index in [-0.39, 0.29) is 18.6 Å². The number of benzene rings is 1. The van der Waals surface area contributed by atoms with E-state index in [0.29, 0.717) is 40.4 Å². The number of likely N-dealkylation sites (tertiary alicyclic amines) is 1. The summed E-state index contributed by atoms with van der Waals surface area (Å²) in [7, 11) is 0. The lowest BCUT2D eigenvalue weighted by Gasteiger charge is -2.25. The number of hydrogen-bond donors (Lipinski definition) is 1. The van der Waals surface area contributed by atoms with E-state index in [1.54, 1.807) is 11.0 Å². The van der Waals surface area contributed by atoms with E-state index in [2.05, 4.69) is 10.2 Å². The van der Waals surface area contributed by atoms with E-state index in [0.717, 1.165) is 31.5 Å². The van der Waals surface area contributed by atoms with Gasteiger partial charge in [-0.05, 0) is 49.7 Å². The second-order valence-electron chi connectivity index (χ2n) is 7.13. The van der Waals surface area contributed by atoms with Crippen LogP contribution in [-0.2, 0) is 9.59 Å². The first kappa shape index (κ1) is 20.2. The molecule has 0 saturated carbocycles. The molecule has 1 aromatic carbocycles. The summed E-state index contributed by atoms with van der Waals surface area (Å²) in [5, 5.41) is 2.90. The zero-order valence-electron chi connectivity index (χ0n) is 16.0. The Morgan fingerprint density at radius 2 is 2.00 bits per heavy atom. The summed E-state index contributed by atoms with van der Waals surface area (Å²) in [6.07, 6.45) is 5.35. The highest BCUT2D eigenvalue weighted by Gasteiger charge is 2.31. The molecule has 154 valence electrons. The highest BCUT2D eigenvalue weighted by atomic mass is 32.2. The van der Waals surface area contributed by atoms with Gasteiger partial charge in [0.1, 0.15) is 4.32 Å². The van der Waals surface area contributed by atoms with Gasteiger partial charge in [-0.25, -0.2) is 0 Å². The Labute approximate surface area is 179 Å². The largest absolute Gasteiger partial charge is 0.454 e. The molecular formula is C20H23N3O4S2. The number of thioether (sulfide) groups is 1. The molecule has 2 amide bonds. The number of carbonyl (C=O) groups excluding carboxylic acids is 2. The van der Waals surface area contributed by atoms with Crippen LogP contribution in [0.2, 0.25) is 0 Å². The highest BCUT2D eigenvalue weighted by molar-refractivity contribution is 8.26. The highest BCUT2D eigenvalue weighted by Crippen LogP contribution is 2.36. The summed E-state index contributed by atoms with van der Waals surface area (Å²) >= 11 is 6.63. The van der Waals surface area contributed by atoms with Crippen molar-refractivity contribution in [2.75, 3.05) is 39.5 Å². The van der Waals surface area contributed by atoms with Gasteiger partial charge < -0.3 is 14.8 Å². The molecule has 3 aliphatic heterocycles. The van der Waals surface area contributed by atoms with Gasteiger partial charge in [0.25, 0.3) is 5.91 Å². The molecule has 0 unspecified atom stereocenters. The van der Waals surface area contributed by atoms with Crippen LogP contribution in [0.4, 0.5) is 0 Å². The SMILES string of the molecule is O=C(CN1CCCCC1)NCCN1C(=O)/C(=C/c2ccc3c(c2)OCO3)SC1=S. The lowest BCUT2D eigenvalue weighted by atomic mass is 10.1. The summed E-state index contributed by atoms with van der Waals surface area (Å²) in [5.41, 5.74) is 0.851. The Morgan fingerprint density at radius 1 is 1.21 bits per heavy atom. The molecule has 1 N–H and O–H groups in total. The predicted molar refractivity (Wildman–Crippen MR) is 116 cm³/mol. The fourth-order valence-corrected chi connectivity index (χ4v) is 4.84. The van der Waals surface area contributed by atoms with E-state index in [1.807, 2.05) is 18.2 Å². The zero-order chi connectivity index (χ0) is 20.2. The van der Waals surface area contributed by atoms with E-state index < -0.39 is 0 Å². The van der Waals surface area contributed by atoms with Crippen molar-refractivity contribution in [2.45, 2.75) is 19.3 Å². The number of nitrogens with zero attached hydrogens (tertiary/aromatic N) is 2. The van der Waals surface area contributed by atoms with Crippen molar-refractivity contribution in [1.82, 2.24) is 15.1 Å². The maximum atomic E-state index is 12.7. The van der Waals surface area contributed by atoms with Gasteiger partial charge in [0.2, 0.25) is 12.7 Å². The van der Waals surface area contributed by atoms with E-state index >= 15 is 0 Å².